The molecule has 0 aliphatic heterocycles. The minimum absolute atomic E-state index is 0.231. The SMILES string of the molecule is Cc1ccc(-c2onc(C)c2C(=O)NCc2ccco2)cc1. The van der Waals surface area contributed by atoms with Gasteiger partial charge in [-0.15, -0.1) is 0 Å². The molecule has 0 bridgehead atoms. The van der Waals surface area contributed by atoms with Gasteiger partial charge in [0.05, 0.1) is 18.5 Å². The molecule has 5 heteroatoms. The number of benzene rings is 1. The molecule has 3 rings (SSSR count). The first-order valence-corrected chi connectivity index (χ1v) is 6.99. The number of nitrogens with zero attached hydrogens (tertiary/aromatic N) is 1. The van der Waals surface area contributed by atoms with E-state index in [1.54, 1.807) is 19.3 Å². The standard InChI is InChI=1S/C17H16N2O3/c1-11-5-7-13(8-6-11)16-15(12(2)19-22-16)17(20)18-10-14-4-3-9-21-14/h3-9H,10H2,1-2H3,(H,18,20). The fourth-order valence-corrected chi connectivity index (χ4v) is 2.21. The summed E-state index contributed by atoms with van der Waals surface area (Å²) in [5.41, 5.74) is 2.99. The van der Waals surface area contributed by atoms with Crippen LogP contribution in [0.25, 0.3) is 11.3 Å². The molecule has 3 aromatic rings. The predicted molar refractivity (Wildman–Crippen MR) is 81.3 cm³/mol. The Morgan fingerprint density at radius 1 is 1.18 bits per heavy atom. The highest BCUT2D eigenvalue weighted by atomic mass is 16.5. The van der Waals surface area contributed by atoms with Crippen LogP contribution in [0, 0.1) is 13.8 Å². The van der Waals surface area contributed by atoms with Crippen LogP contribution in [0.4, 0.5) is 0 Å². The Balaban J connectivity index is 1.85. The molecule has 1 N–H and O–H groups in total. The van der Waals surface area contributed by atoms with Crippen LogP contribution in [0.3, 0.4) is 0 Å². The van der Waals surface area contributed by atoms with Crippen molar-refractivity contribution in [2.75, 3.05) is 0 Å². The van der Waals surface area contributed by atoms with Crippen LogP contribution in [0.5, 0.6) is 0 Å². The van der Waals surface area contributed by atoms with Crippen molar-refractivity contribution in [2.45, 2.75) is 20.4 Å². The van der Waals surface area contributed by atoms with E-state index >= 15 is 0 Å². The number of furan rings is 1. The monoisotopic (exact) mass is 296 g/mol. The van der Waals surface area contributed by atoms with Crippen molar-refractivity contribution in [2.24, 2.45) is 0 Å². The fourth-order valence-electron chi connectivity index (χ4n) is 2.21. The Kier molecular flexibility index (Phi) is 3.78. The van der Waals surface area contributed by atoms with E-state index in [1.807, 2.05) is 37.3 Å². The lowest BCUT2D eigenvalue weighted by molar-refractivity contribution is 0.0947. The van der Waals surface area contributed by atoms with Crippen LogP contribution in [-0.4, -0.2) is 11.1 Å². The van der Waals surface area contributed by atoms with Gasteiger partial charge in [0.15, 0.2) is 5.76 Å². The number of nitrogens with one attached hydrogen (secondary N) is 1. The maximum absolute atomic E-state index is 12.4. The molecule has 2 aromatic heterocycles. The molecule has 1 aromatic carbocycles. The molecule has 0 saturated carbocycles. The lowest BCUT2D eigenvalue weighted by atomic mass is 10.0. The van der Waals surface area contributed by atoms with Gasteiger partial charge in [-0.1, -0.05) is 35.0 Å². The summed E-state index contributed by atoms with van der Waals surface area (Å²) < 4.78 is 10.6. The predicted octanol–water partition coefficient (Wildman–Crippen LogP) is 3.48. The third-order valence-corrected chi connectivity index (χ3v) is 3.41. The largest absolute Gasteiger partial charge is 0.467 e. The molecular formula is C17H16N2O3. The van der Waals surface area contributed by atoms with E-state index < -0.39 is 0 Å². The summed E-state index contributed by atoms with van der Waals surface area (Å²) in [5.74, 6) is 0.944. The Labute approximate surface area is 127 Å². The van der Waals surface area contributed by atoms with Gasteiger partial charge in [-0.05, 0) is 26.0 Å². The Morgan fingerprint density at radius 3 is 2.64 bits per heavy atom. The molecule has 0 fully saturated rings. The Morgan fingerprint density at radius 2 is 1.95 bits per heavy atom. The molecule has 2 heterocycles. The molecule has 112 valence electrons. The number of rotatable bonds is 4. The number of amides is 1. The van der Waals surface area contributed by atoms with E-state index in [-0.39, 0.29) is 5.91 Å². The normalized spacial score (nSPS) is 10.6. The molecule has 0 aliphatic rings. The number of carbonyl (C=O) groups is 1. The highest BCUT2D eigenvalue weighted by Crippen LogP contribution is 2.26. The molecule has 0 unspecified atom stereocenters. The van der Waals surface area contributed by atoms with Crippen LogP contribution in [-0.2, 0) is 6.54 Å². The van der Waals surface area contributed by atoms with Gasteiger partial charge in [-0.25, -0.2) is 0 Å². The first kappa shape index (κ1) is 14.1. The number of aromatic nitrogens is 1. The van der Waals surface area contributed by atoms with E-state index in [0.29, 0.717) is 29.3 Å². The third-order valence-electron chi connectivity index (χ3n) is 3.41. The second-order valence-electron chi connectivity index (χ2n) is 5.10. The number of carbonyl (C=O) groups excluding carboxylic acids is 1. The average molecular weight is 296 g/mol. The van der Waals surface area contributed by atoms with Gasteiger partial charge in [0.2, 0.25) is 0 Å². The van der Waals surface area contributed by atoms with E-state index in [1.165, 1.54) is 0 Å². The van der Waals surface area contributed by atoms with Gasteiger partial charge in [0, 0.05) is 5.56 Å². The summed E-state index contributed by atoms with van der Waals surface area (Å²) in [6.07, 6.45) is 1.57. The molecule has 0 radical (unpaired) electrons. The van der Waals surface area contributed by atoms with Gasteiger partial charge < -0.3 is 14.3 Å². The molecule has 0 spiro atoms. The summed E-state index contributed by atoms with van der Waals surface area (Å²) in [7, 11) is 0. The second-order valence-corrected chi connectivity index (χ2v) is 5.10. The summed E-state index contributed by atoms with van der Waals surface area (Å²) in [4.78, 5) is 12.4. The van der Waals surface area contributed by atoms with Crippen molar-refractivity contribution in [1.82, 2.24) is 10.5 Å². The van der Waals surface area contributed by atoms with Gasteiger partial charge in [0.25, 0.3) is 5.91 Å². The topological polar surface area (TPSA) is 68.3 Å². The van der Waals surface area contributed by atoms with E-state index in [0.717, 1.165) is 11.1 Å². The maximum Gasteiger partial charge on any atom is 0.257 e. The minimum Gasteiger partial charge on any atom is -0.467 e. The third kappa shape index (κ3) is 2.79. The van der Waals surface area contributed by atoms with E-state index in [4.69, 9.17) is 8.94 Å². The highest BCUT2D eigenvalue weighted by molar-refractivity contribution is 6.00. The smallest absolute Gasteiger partial charge is 0.257 e. The number of hydrogen-bond donors (Lipinski definition) is 1. The van der Waals surface area contributed by atoms with Gasteiger partial charge >= 0.3 is 0 Å². The first-order valence-electron chi connectivity index (χ1n) is 6.99. The van der Waals surface area contributed by atoms with Crippen LogP contribution in [0.15, 0.2) is 51.6 Å². The summed E-state index contributed by atoms with van der Waals surface area (Å²) in [6, 6.07) is 11.4. The van der Waals surface area contributed by atoms with Crippen molar-refractivity contribution in [1.29, 1.82) is 0 Å². The Bertz CT molecular complexity index is 771. The van der Waals surface area contributed by atoms with Gasteiger partial charge in [-0.3, -0.25) is 4.79 Å². The van der Waals surface area contributed by atoms with E-state index in [2.05, 4.69) is 10.5 Å². The zero-order valence-electron chi connectivity index (χ0n) is 12.4. The van der Waals surface area contributed by atoms with Crippen LogP contribution < -0.4 is 5.32 Å². The summed E-state index contributed by atoms with van der Waals surface area (Å²) in [5, 5.41) is 6.74. The molecule has 0 atom stereocenters. The van der Waals surface area contributed by atoms with Gasteiger partial charge in [-0.2, -0.15) is 0 Å². The van der Waals surface area contributed by atoms with Crippen LogP contribution in [0.2, 0.25) is 0 Å². The van der Waals surface area contributed by atoms with Crippen molar-refractivity contribution in [3.63, 3.8) is 0 Å². The molecule has 0 saturated heterocycles. The molecule has 1 amide bonds. The summed E-state index contributed by atoms with van der Waals surface area (Å²) in [6.45, 7) is 4.08. The molecule has 0 aliphatic carbocycles. The van der Waals surface area contributed by atoms with Crippen LogP contribution >= 0.6 is 0 Å². The van der Waals surface area contributed by atoms with E-state index in [9.17, 15) is 4.79 Å². The van der Waals surface area contributed by atoms with Crippen molar-refractivity contribution >= 4 is 5.91 Å². The van der Waals surface area contributed by atoms with Crippen molar-refractivity contribution in [3.05, 3.63) is 65.2 Å². The zero-order chi connectivity index (χ0) is 15.5. The Hall–Kier alpha value is -2.82. The lowest BCUT2D eigenvalue weighted by Crippen LogP contribution is -2.23. The maximum atomic E-state index is 12.4. The molecule has 5 nitrogen and oxygen atoms in total. The second kappa shape index (κ2) is 5.89. The number of hydrogen-bond acceptors (Lipinski definition) is 4. The number of aryl methyl sites for hydroxylation is 2. The quantitative estimate of drug-likeness (QED) is 0.800. The molecule has 22 heavy (non-hydrogen) atoms. The van der Waals surface area contributed by atoms with Gasteiger partial charge in [0.1, 0.15) is 11.3 Å². The van der Waals surface area contributed by atoms with Crippen molar-refractivity contribution < 1.29 is 13.7 Å². The highest BCUT2D eigenvalue weighted by Gasteiger charge is 2.21. The zero-order valence-corrected chi connectivity index (χ0v) is 12.4. The first-order chi connectivity index (χ1) is 10.6. The van der Waals surface area contributed by atoms with Crippen LogP contribution in [0.1, 0.15) is 27.4 Å². The summed E-state index contributed by atoms with van der Waals surface area (Å²) >= 11 is 0. The van der Waals surface area contributed by atoms with Crippen molar-refractivity contribution in [3.8, 4) is 11.3 Å². The lowest BCUT2D eigenvalue weighted by Gasteiger charge is -2.04. The fraction of sp³-hybridized carbons (Fsp3) is 0.176. The molecular weight excluding hydrogens is 280 g/mol. The minimum atomic E-state index is -0.231. The average Bonchev–Trinajstić information content (AvgIpc) is 3.15.